The predicted molar refractivity (Wildman–Crippen MR) is 420 cm³/mol. The summed E-state index contributed by atoms with van der Waals surface area (Å²) in [6, 6.07) is -6.07. The zero-order valence-electron chi connectivity index (χ0n) is 66.7. The average Bonchev–Trinajstić information content (AvgIpc) is 1.64. The van der Waals surface area contributed by atoms with Crippen molar-refractivity contribution in [3.63, 3.8) is 0 Å². The van der Waals surface area contributed by atoms with Crippen LogP contribution in [-0.4, -0.2) is 247 Å². The molecule has 5 aliphatic heterocycles. The van der Waals surface area contributed by atoms with E-state index in [1.54, 1.807) is 53.7 Å². The van der Waals surface area contributed by atoms with Gasteiger partial charge in [0.05, 0.1) is 6.42 Å². The lowest BCUT2D eigenvalue weighted by molar-refractivity contribution is -0.192. The summed E-state index contributed by atoms with van der Waals surface area (Å²) in [5.41, 5.74) is 6.69. The Balaban J connectivity index is 0.00000285. The van der Waals surface area contributed by atoms with Crippen LogP contribution in [0.5, 0.6) is 11.5 Å². The Morgan fingerprint density at radius 2 is 1.00 bits per heavy atom. The first-order chi connectivity index (χ1) is 54.6. The van der Waals surface area contributed by atoms with Crippen molar-refractivity contribution in [1.29, 1.82) is 0 Å². The molecule has 116 heavy (non-hydrogen) atoms. The number of carbonyl (C=O) groups excluding carboxylic acids is 15. The number of aromatic hydroxyl groups is 2. The predicted octanol–water partition coefficient (Wildman–Crippen LogP) is 1.11. The normalized spacial score (nSPS) is 25.4. The summed E-state index contributed by atoms with van der Waals surface area (Å²) < 4.78 is 31.7. The maximum Gasteiger partial charge on any atom is 0.490 e. The van der Waals surface area contributed by atoms with Crippen LogP contribution in [0.2, 0.25) is 0 Å². The number of halogens is 3. The van der Waals surface area contributed by atoms with E-state index in [0.717, 1.165) is 21.6 Å². The highest BCUT2D eigenvalue weighted by molar-refractivity contribution is 8.76. The number of phenolic OH excluding ortho intramolecular Hbond substituents is 2. The van der Waals surface area contributed by atoms with Gasteiger partial charge in [0, 0.05) is 57.5 Å². The maximum absolute atomic E-state index is 15.2. The molecule has 2 aromatic rings. The molecule has 5 fully saturated rings. The quantitative estimate of drug-likeness (QED) is 0.0734. The van der Waals surface area contributed by atoms with Gasteiger partial charge >= 0.3 is 12.1 Å². The third-order valence-electron chi connectivity index (χ3n) is 20.3. The number of nitrogens with two attached hydrogens (primary N) is 1. The molecule has 14 atom stereocenters. The summed E-state index contributed by atoms with van der Waals surface area (Å²) in [5.74, 6) is -16.6. The molecule has 0 radical (unpaired) electrons. The number of hydrogen-bond donors (Lipinski definition) is 15. The van der Waals surface area contributed by atoms with Crippen molar-refractivity contribution in [3.05, 3.63) is 59.7 Å². The number of amides is 15. The lowest BCUT2D eigenvalue weighted by atomic mass is 9.97. The first kappa shape index (κ1) is 94.9. The number of phenols is 2. The molecule has 2 aromatic carbocycles. The highest BCUT2D eigenvalue weighted by Crippen LogP contribution is 2.30. The molecule has 5 saturated heterocycles. The molecule has 39 heteroatoms. The van der Waals surface area contributed by atoms with Gasteiger partial charge in [0.2, 0.25) is 88.6 Å². The number of carboxylic acid groups (broad SMARTS) is 1. The van der Waals surface area contributed by atoms with E-state index in [1.807, 2.05) is 13.8 Å². The Hall–Kier alpha value is -9.95. The summed E-state index contributed by atoms with van der Waals surface area (Å²) >= 11 is 0. The fourth-order valence-corrected chi connectivity index (χ4v) is 16.5. The second kappa shape index (κ2) is 45.0. The molecule has 2 bridgehead atoms. The fraction of sp³-hybridized carbons (Fsp3) is 0.636. The number of primary amides is 1. The van der Waals surface area contributed by atoms with Crippen molar-refractivity contribution in [2.75, 3.05) is 37.7 Å². The summed E-state index contributed by atoms with van der Waals surface area (Å²) in [5, 5.41) is 57.9. The summed E-state index contributed by atoms with van der Waals surface area (Å²) in [6.45, 7) is 15.6. The van der Waals surface area contributed by atoms with Crippen LogP contribution in [0.15, 0.2) is 48.5 Å². The first-order valence-electron chi connectivity index (χ1n) is 39.2. The van der Waals surface area contributed by atoms with E-state index in [-0.39, 0.29) is 138 Å². The molecule has 0 aliphatic carbocycles. The van der Waals surface area contributed by atoms with Crippen molar-refractivity contribution in [2.24, 2.45) is 29.4 Å². The lowest BCUT2D eigenvalue weighted by Gasteiger charge is -2.33. The molecule has 0 aromatic heterocycles. The third kappa shape index (κ3) is 29.0. The van der Waals surface area contributed by atoms with Gasteiger partial charge in [-0.1, -0.05) is 108 Å². The summed E-state index contributed by atoms with van der Waals surface area (Å²) in [4.78, 5) is 232. The zero-order chi connectivity index (χ0) is 86.0. The molecular weight excluding hydrogens is 1560 g/mol. The molecule has 0 saturated carbocycles. The lowest BCUT2D eigenvalue weighted by Crippen LogP contribution is -2.61. The highest BCUT2D eigenvalue weighted by Gasteiger charge is 2.47. The van der Waals surface area contributed by atoms with Crippen molar-refractivity contribution < 1.29 is 105 Å². The van der Waals surface area contributed by atoms with Gasteiger partial charge in [0.1, 0.15) is 90.0 Å². The van der Waals surface area contributed by atoms with Gasteiger partial charge in [-0.2, -0.15) is 13.2 Å². The second-order valence-electron chi connectivity index (χ2n) is 31.1. The zero-order valence-corrected chi connectivity index (χ0v) is 68.4. The number of hydrogen-bond acceptors (Lipinski definition) is 20. The highest BCUT2D eigenvalue weighted by atomic mass is 33.1. The van der Waals surface area contributed by atoms with E-state index in [1.165, 1.54) is 58.0 Å². The topological polar surface area (TPSA) is 502 Å². The van der Waals surface area contributed by atoms with Gasteiger partial charge < -0.3 is 94.2 Å². The monoisotopic (exact) mass is 1670 g/mol. The van der Waals surface area contributed by atoms with E-state index < -0.39 is 192 Å². The molecule has 7 rings (SSSR count). The first-order valence-corrected chi connectivity index (χ1v) is 41.7. The van der Waals surface area contributed by atoms with Crippen LogP contribution in [0.1, 0.15) is 163 Å². The van der Waals surface area contributed by atoms with E-state index in [0.29, 0.717) is 36.8 Å². The Morgan fingerprint density at radius 1 is 0.543 bits per heavy atom. The minimum Gasteiger partial charge on any atom is -0.508 e. The Morgan fingerprint density at radius 3 is 1.51 bits per heavy atom. The van der Waals surface area contributed by atoms with Gasteiger partial charge in [0.15, 0.2) is 0 Å². The summed E-state index contributed by atoms with van der Waals surface area (Å²) in [7, 11) is 1.94. The number of rotatable bonds is 18. The van der Waals surface area contributed by atoms with Crippen LogP contribution in [0.25, 0.3) is 0 Å². The van der Waals surface area contributed by atoms with Gasteiger partial charge in [-0.05, 0) is 136 Å². The largest absolute Gasteiger partial charge is 0.508 e. The maximum atomic E-state index is 15.2. The number of alkyl halides is 3. The van der Waals surface area contributed by atoms with Gasteiger partial charge in [0.25, 0.3) is 0 Å². The minimum atomic E-state index is -5.08. The van der Waals surface area contributed by atoms with Crippen molar-refractivity contribution in [2.45, 2.75) is 250 Å². The molecule has 5 heterocycles. The van der Waals surface area contributed by atoms with Gasteiger partial charge in [-0.25, -0.2) is 4.79 Å². The molecule has 34 nitrogen and oxygen atoms in total. The Bertz CT molecular complexity index is 3830. The van der Waals surface area contributed by atoms with E-state index >= 15 is 28.8 Å². The van der Waals surface area contributed by atoms with Gasteiger partial charge in [-0.3, -0.25) is 71.9 Å². The van der Waals surface area contributed by atoms with E-state index in [4.69, 9.17) is 15.6 Å². The van der Waals surface area contributed by atoms with E-state index in [2.05, 4.69) is 58.5 Å². The number of benzene rings is 2. The van der Waals surface area contributed by atoms with Crippen molar-refractivity contribution in [3.8, 4) is 11.5 Å². The fourth-order valence-electron chi connectivity index (χ4n) is 14.2. The molecule has 0 spiro atoms. The third-order valence-corrected chi connectivity index (χ3v) is 22.8. The number of nitrogens with zero attached hydrogens (tertiary/aromatic N) is 3. The van der Waals surface area contributed by atoms with Crippen molar-refractivity contribution in [1.82, 2.24) is 73.2 Å². The number of carbonyl (C=O) groups is 16. The SMILES string of the molecule is CC[C@H](C)[C@H](NC(=O)[C@H](CC(C)C)NC(=O)[C@@H]1CC(=O)NCCCC[C@@H]2NC(=O)[C@@H]3CCCN3C(=O)[C@H](CC(C)C)NC(=O)[C@H](Cc3ccc(O)cc3)NC(=O)[C@@H]3CCCN3C(=O)[C@@H]3CCCN3C(=O)[C@@H](NC(C)=O)CSSC[C@H](NC(=O)[C@H](CC(C)C)NC(=O)[C@H](Cc3ccc(O)cc3)NC2=O)C(=O)N1)C(N)=O.O=C(O)C(F)(F)F. The van der Waals surface area contributed by atoms with Crippen molar-refractivity contribution >= 4 is 116 Å². The van der Waals surface area contributed by atoms with Crippen LogP contribution in [0.3, 0.4) is 0 Å². The molecule has 16 N–H and O–H groups in total. The van der Waals surface area contributed by atoms with E-state index in [9.17, 15) is 66.5 Å². The minimum absolute atomic E-state index is 0.00984. The van der Waals surface area contributed by atoms with Crippen LogP contribution >= 0.6 is 21.6 Å². The number of fused-ring (bicyclic) bond motifs is 12. The number of carboxylic acids is 1. The smallest absolute Gasteiger partial charge is 0.490 e. The Kier molecular flexibility index (Phi) is 36.8. The summed E-state index contributed by atoms with van der Waals surface area (Å²) in [6.07, 6.45) is -4.17. The molecular formula is C77H112F3N15O19S2. The number of nitrogens with one attached hydrogen (secondary N) is 11. The van der Waals surface area contributed by atoms with Crippen LogP contribution < -0.4 is 64.2 Å². The molecule has 642 valence electrons. The molecule has 15 amide bonds. The standard InChI is InChI=1S/C75H111N15O17S2.C2HF3O2/c1-10-43(8)62(63(76)95)87-69(101)51(33-41(4)5)81-68(100)54-37-61(94)77-28-12-11-16-49-64(96)82-52(35-45-20-24-47(92)25-21-45)66(98)80-50(32-40(2)3)65(97)86-56(70(102)83-54)38-108-109-39-57(78-44(9)91)74(106)90-31-15-19-60(90)75(107)89-30-14-18-59(89)72(104)84-53(36-46-22-26-48(93)27-23-46)67(99)85-55(34-42(6)7)73(105)88-29-13-17-58(88)71(103)79-49;3-2(4,5)1(6)7/h20-27,40-43,49-60,62,92-93H,10-19,28-39H2,1-9H3,(H2,76,95)(H,77,94)(H,78,91)(H,79,103)(H,80,98)(H,81,100)(H,82,96)(H,83,102)(H,84,104)(H,85,99)(H,86,97)(H,87,101);(H,6,7)/t43-,49-,50-,51-,52-,53-,54-,55-,56-,57-,58-,59-,60-,62-;/m0./s1. The average molecular weight is 1670 g/mol. The molecule has 0 unspecified atom stereocenters. The van der Waals surface area contributed by atoms with Crippen LogP contribution in [0.4, 0.5) is 13.2 Å². The van der Waals surface area contributed by atoms with Gasteiger partial charge in [-0.15, -0.1) is 0 Å². The molecule has 5 aliphatic rings. The Labute approximate surface area is 679 Å². The second-order valence-corrected chi connectivity index (χ2v) is 33.7. The van der Waals surface area contributed by atoms with Crippen LogP contribution in [-0.2, 0) is 89.6 Å². The van der Waals surface area contributed by atoms with Crippen LogP contribution in [0, 0.1) is 23.7 Å². The number of aliphatic carboxylic acids is 1.